The molecule has 0 atom stereocenters. The molecule has 1 heterocycles. The predicted octanol–water partition coefficient (Wildman–Crippen LogP) is 3.67. The van der Waals surface area contributed by atoms with Crippen LogP contribution < -0.4 is 0 Å². The van der Waals surface area contributed by atoms with E-state index in [4.69, 9.17) is 4.74 Å². The molecule has 0 aliphatic carbocycles. The second kappa shape index (κ2) is 4.17. The van der Waals surface area contributed by atoms with Crippen molar-refractivity contribution in [2.75, 3.05) is 6.61 Å². The van der Waals surface area contributed by atoms with Crippen LogP contribution in [0.25, 0.3) is 0 Å². The van der Waals surface area contributed by atoms with E-state index in [1.807, 2.05) is 0 Å². The van der Waals surface area contributed by atoms with Crippen LogP contribution in [0.15, 0.2) is 23.2 Å². The normalized spacial score (nSPS) is 18.1. The summed E-state index contributed by atoms with van der Waals surface area (Å²) in [6.07, 6.45) is 0. The zero-order chi connectivity index (χ0) is 12.6. The van der Waals surface area contributed by atoms with Crippen LogP contribution in [0.4, 0.5) is 0 Å². The summed E-state index contributed by atoms with van der Waals surface area (Å²) in [5.41, 5.74) is 3.72. The minimum absolute atomic E-state index is 0.0877. The van der Waals surface area contributed by atoms with Gasteiger partial charge in [-0.3, -0.25) is 0 Å². The number of aliphatic imine (C=N–C) groups is 1. The molecule has 2 nitrogen and oxygen atoms in total. The lowest BCUT2D eigenvalue weighted by Gasteiger charge is -2.13. The molecule has 92 valence electrons. The molecule has 1 aromatic rings. The van der Waals surface area contributed by atoms with E-state index in [2.05, 4.69) is 57.8 Å². The average molecular weight is 231 g/mol. The first-order valence-electron chi connectivity index (χ1n) is 6.23. The van der Waals surface area contributed by atoms with Gasteiger partial charge in [0.2, 0.25) is 5.90 Å². The van der Waals surface area contributed by atoms with Crippen molar-refractivity contribution in [1.82, 2.24) is 0 Å². The van der Waals surface area contributed by atoms with E-state index in [1.54, 1.807) is 0 Å². The van der Waals surface area contributed by atoms with Crippen molar-refractivity contribution in [1.29, 1.82) is 0 Å². The maximum absolute atomic E-state index is 5.72. The zero-order valence-electron chi connectivity index (χ0n) is 11.4. The first-order valence-corrected chi connectivity index (χ1v) is 6.23. The van der Waals surface area contributed by atoms with Gasteiger partial charge in [-0.05, 0) is 43.9 Å². The molecule has 17 heavy (non-hydrogen) atoms. The summed E-state index contributed by atoms with van der Waals surface area (Å²) in [6, 6.07) is 6.38. The van der Waals surface area contributed by atoms with Gasteiger partial charge in [0.25, 0.3) is 0 Å². The Kier molecular flexibility index (Phi) is 2.98. The van der Waals surface area contributed by atoms with E-state index in [-0.39, 0.29) is 5.54 Å². The van der Waals surface area contributed by atoms with E-state index in [1.165, 1.54) is 11.1 Å². The molecule has 0 bridgehead atoms. The van der Waals surface area contributed by atoms with Crippen molar-refractivity contribution in [3.05, 3.63) is 34.9 Å². The molecule has 0 unspecified atom stereocenters. The number of nitrogens with zero attached hydrogens (tertiary/aromatic N) is 1. The second-order valence-electron chi connectivity index (χ2n) is 5.69. The minimum atomic E-state index is -0.0877. The molecule has 0 radical (unpaired) electrons. The topological polar surface area (TPSA) is 21.6 Å². The molecular weight excluding hydrogens is 210 g/mol. The fourth-order valence-corrected chi connectivity index (χ4v) is 2.23. The van der Waals surface area contributed by atoms with E-state index < -0.39 is 0 Å². The quantitative estimate of drug-likeness (QED) is 0.761. The number of rotatable bonds is 2. The lowest BCUT2D eigenvalue weighted by molar-refractivity contribution is 0.279. The Morgan fingerprint density at radius 2 is 2.00 bits per heavy atom. The highest BCUT2D eigenvalue weighted by molar-refractivity contribution is 5.97. The molecule has 1 aliphatic heterocycles. The van der Waals surface area contributed by atoms with Gasteiger partial charge in [-0.25, -0.2) is 4.99 Å². The minimum Gasteiger partial charge on any atom is -0.475 e. The first kappa shape index (κ1) is 12.2. The Morgan fingerprint density at radius 3 is 2.53 bits per heavy atom. The molecule has 0 fully saturated rings. The molecule has 0 amide bonds. The molecule has 0 saturated heterocycles. The van der Waals surface area contributed by atoms with Crippen molar-refractivity contribution >= 4 is 5.90 Å². The molecule has 0 N–H and O–H groups in total. The smallest absolute Gasteiger partial charge is 0.217 e. The van der Waals surface area contributed by atoms with Crippen molar-refractivity contribution < 1.29 is 4.74 Å². The van der Waals surface area contributed by atoms with Gasteiger partial charge in [0.1, 0.15) is 6.61 Å². The molecule has 2 rings (SSSR count). The fourth-order valence-electron chi connectivity index (χ4n) is 2.23. The molecule has 2 heteroatoms. The number of hydrogen-bond donors (Lipinski definition) is 0. The Morgan fingerprint density at radius 1 is 1.29 bits per heavy atom. The van der Waals surface area contributed by atoms with E-state index >= 15 is 0 Å². The monoisotopic (exact) mass is 231 g/mol. The average Bonchev–Trinajstić information content (AvgIpc) is 2.58. The van der Waals surface area contributed by atoms with Crippen molar-refractivity contribution in [3.8, 4) is 0 Å². The van der Waals surface area contributed by atoms with Crippen LogP contribution in [0.2, 0.25) is 0 Å². The number of benzene rings is 1. The van der Waals surface area contributed by atoms with E-state index in [0.717, 1.165) is 11.5 Å². The van der Waals surface area contributed by atoms with Crippen molar-refractivity contribution in [2.45, 2.75) is 46.1 Å². The third kappa shape index (κ3) is 2.36. The zero-order valence-corrected chi connectivity index (χ0v) is 11.4. The Hall–Kier alpha value is -1.31. The molecular formula is C15H21NO. The highest BCUT2D eigenvalue weighted by Crippen LogP contribution is 2.26. The highest BCUT2D eigenvalue weighted by atomic mass is 16.5. The van der Waals surface area contributed by atoms with Gasteiger partial charge in [0.05, 0.1) is 5.54 Å². The Bertz CT molecular complexity index is 458. The van der Waals surface area contributed by atoms with Crippen LogP contribution >= 0.6 is 0 Å². The van der Waals surface area contributed by atoms with Crippen LogP contribution in [0.1, 0.15) is 50.3 Å². The van der Waals surface area contributed by atoms with Gasteiger partial charge >= 0.3 is 0 Å². The number of hydrogen-bond acceptors (Lipinski definition) is 2. The van der Waals surface area contributed by atoms with Gasteiger partial charge in [0, 0.05) is 5.56 Å². The maximum Gasteiger partial charge on any atom is 0.217 e. The molecule has 1 aromatic carbocycles. The lowest BCUT2D eigenvalue weighted by atomic mass is 9.94. The van der Waals surface area contributed by atoms with E-state index in [0.29, 0.717) is 12.5 Å². The molecule has 0 saturated carbocycles. The van der Waals surface area contributed by atoms with Crippen LogP contribution in [0, 0.1) is 6.92 Å². The molecule has 0 spiro atoms. The summed E-state index contributed by atoms with van der Waals surface area (Å²) in [5, 5.41) is 0. The standard InChI is InChI=1S/C15H21NO/c1-10(2)12-7-6-8-13(11(12)3)14-16-15(4,5)9-17-14/h6-8,10H,9H2,1-5H3. The van der Waals surface area contributed by atoms with Crippen molar-refractivity contribution in [2.24, 2.45) is 4.99 Å². The van der Waals surface area contributed by atoms with Crippen LogP contribution in [0.5, 0.6) is 0 Å². The summed E-state index contributed by atoms with van der Waals surface area (Å²) in [4.78, 5) is 4.65. The highest BCUT2D eigenvalue weighted by Gasteiger charge is 2.28. The van der Waals surface area contributed by atoms with Crippen LogP contribution in [-0.4, -0.2) is 18.0 Å². The summed E-state index contributed by atoms with van der Waals surface area (Å²) >= 11 is 0. The molecule has 1 aliphatic rings. The van der Waals surface area contributed by atoms with Gasteiger partial charge in [-0.15, -0.1) is 0 Å². The van der Waals surface area contributed by atoms with Crippen LogP contribution in [0.3, 0.4) is 0 Å². The Labute approximate surface area is 104 Å². The number of ether oxygens (including phenoxy) is 1. The SMILES string of the molecule is Cc1c(C2=NC(C)(C)CO2)cccc1C(C)C. The third-order valence-electron chi connectivity index (χ3n) is 3.19. The second-order valence-corrected chi connectivity index (χ2v) is 5.69. The Balaban J connectivity index is 2.44. The predicted molar refractivity (Wildman–Crippen MR) is 71.8 cm³/mol. The summed E-state index contributed by atoms with van der Waals surface area (Å²) in [7, 11) is 0. The first-order chi connectivity index (χ1) is 7.91. The largest absolute Gasteiger partial charge is 0.475 e. The summed E-state index contributed by atoms with van der Waals surface area (Å²) in [5.74, 6) is 1.33. The third-order valence-corrected chi connectivity index (χ3v) is 3.19. The van der Waals surface area contributed by atoms with Gasteiger partial charge in [0.15, 0.2) is 0 Å². The fraction of sp³-hybridized carbons (Fsp3) is 0.533. The summed E-state index contributed by atoms with van der Waals surface area (Å²) in [6.45, 7) is 11.5. The van der Waals surface area contributed by atoms with E-state index in [9.17, 15) is 0 Å². The van der Waals surface area contributed by atoms with Gasteiger partial charge in [-0.1, -0.05) is 26.0 Å². The van der Waals surface area contributed by atoms with Gasteiger partial charge in [-0.2, -0.15) is 0 Å². The van der Waals surface area contributed by atoms with Crippen LogP contribution in [-0.2, 0) is 4.74 Å². The summed E-state index contributed by atoms with van der Waals surface area (Å²) < 4.78 is 5.72. The van der Waals surface area contributed by atoms with Gasteiger partial charge < -0.3 is 4.74 Å². The maximum atomic E-state index is 5.72. The lowest BCUT2D eigenvalue weighted by Crippen LogP contribution is -2.17. The van der Waals surface area contributed by atoms with Crippen molar-refractivity contribution in [3.63, 3.8) is 0 Å². The molecule has 0 aromatic heterocycles.